The molecule has 21 heavy (non-hydrogen) atoms. The standard InChI is InChI=1S/C15H22O6/c1-3-10(21-13(16)4-2)9-20-15(19)12-8-6-5-7-11(12)14(17)18/h4,10-12H,2-3,5-9H2,1H3,(H,17,18)/p-1. The molecule has 0 aliphatic heterocycles. The summed E-state index contributed by atoms with van der Waals surface area (Å²) in [6.07, 6.45) is 3.47. The molecule has 0 spiro atoms. The fraction of sp³-hybridized carbons (Fsp3) is 0.667. The zero-order valence-corrected chi connectivity index (χ0v) is 12.2. The number of esters is 2. The zero-order chi connectivity index (χ0) is 15.8. The smallest absolute Gasteiger partial charge is 0.330 e. The largest absolute Gasteiger partial charge is 0.550 e. The predicted octanol–water partition coefficient (Wildman–Crippen LogP) is 0.594. The Bertz CT molecular complexity index is 403. The van der Waals surface area contributed by atoms with E-state index in [1.165, 1.54) is 0 Å². The van der Waals surface area contributed by atoms with Crippen LogP contribution in [-0.4, -0.2) is 30.6 Å². The number of hydrogen-bond acceptors (Lipinski definition) is 6. The number of hydrogen-bond donors (Lipinski definition) is 0. The molecule has 1 saturated carbocycles. The average molecular weight is 297 g/mol. The van der Waals surface area contributed by atoms with E-state index in [0.29, 0.717) is 19.3 Å². The summed E-state index contributed by atoms with van der Waals surface area (Å²) in [6, 6.07) is 0. The van der Waals surface area contributed by atoms with Gasteiger partial charge in [-0.25, -0.2) is 4.79 Å². The molecule has 0 aromatic carbocycles. The van der Waals surface area contributed by atoms with Crippen molar-refractivity contribution in [3.8, 4) is 0 Å². The van der Waals surface area contributed by atoms with Crippen molar-refractivity contribution >= 4 is 17.9 Å². The summed E-state index contributed by atoms with van der Waals surface area (Å²) in [7, 11) is 0. The molecule has 118 valence electrons. The molecule has 0 N–H and O–H groups in total. The first-order valence-corrected chi connectivity index (χ1v) is 7.20. The molecular formula is C15H21O6-. The van der Waals surface area contributed by atoms with Gasteiger partial charge in [0.1, 0.15) is 12.7 Å². The highest BCUT2D eigenvalue weighted by atomic mass is 16.6. The van der Waals surface area contributed by atoms with Crippen LogP contribution in [0.15, 0.2) is 12.7 Å². The first kappa shape index (κ1) is 17.2. The van der Waals surface area contributed by atoms with Gasteiger partial charge < -0.3 is 19.4 Å². The van der Waals surface area contributed by atoms with Crippen LogP contribution in [0.25, 0.3) is 0 Å². The molecule has 0 heterocycles. The van der Waals surface area contributed by atoms with Crippen molar-refractivity contribution in [3.63, 3.8) is 0 Å². The van der Waals surface area contributed by atoms with Gasteiger partial charge in [0.05, 0.1) is 5.92 Å². The Morgan fingerprint density at radius 3 is 2.43 bits per heavy atom. The molecular weight excluding hydrogens is 276 g/mol. The maximum Gasteiger partial charge on any atom is 0.330 e. The van der Waals surface area contributed by atoms with Crippen LogP contribution in [0.2, 0.25) is 0 Å². The monoisotopic (exact) mass is 297 g/mol. The Morgan fingerprint density at radius 2 is 1.90 bits per heavy atom. The van der Waals surface area contributed by atoms with Crippen molar-refractivity contribution in [1.82, 2.24) is 0 Å². The van der Waals surface area contributed by atoms with Gasteiger partial charge in [-0.2, -0.15) is 0 Å². The highest BCUT2D eigenvalue weighted by molar-refractivity contribution is 5.81. The number of carboxylic acid groups (broad SMARTS) is 1. The number of ether oxygens (including phenoxy) is 2. The van der Waals surface area contributed by atoms with Gasteiger partial charge in [0.2, 0.25) is 0 Å². The number of rotatable bonds is 7. The molecule has 3 unspecified atom stereocenters. The number of carboxylic acids is 1. The maximum atomic E-state index is 12.0. The second kappa shape index (κ2) is 8.44. The lowest BCUT2D eigenvalue weighted by molar-refractivity contribution is -0.314. The van der Waals surface area contributed by atoms with Gasteiger partial charge in [-0.15, -0.1) is 0 Å². The first-order chi connectivity index (χ1) is 9.99. The van der Waals surface area contributed by atoms with E-state index in [-0.39, 0.29) is 6.61 Å². The van der Waals surface area contributed by atoms with Crippen molar-refractivity contribution < 1.29 is 29.0 Å². The molecule has 3 atom stereocenters. The summed E-state index contributed by atoms with van der Waals surface area (Å²) in [6.45, 7) is 5.00. The van der Waals surface area contributed by atoms with E-state index in [9.17, 15) is 19.5 Å². The molecule has 0 bridgehead atoms. The van der Waals surface area contributed by atoms with Crippen molar-refractivity contribution in [1.29, 1.82) is 0 Å². The van der Waals surface area contributed by atoms with Gasteiger partial charge in [-0.3, -0.25) is 4.79 Å². The minimum absolute atomic E-state index is 0.0782. The molecule has 0 saturated heterocycles. The van der Waals surface area contributed by atoms with Crippen LogP contribution < -0.4 is 5.11 Å². The lowest BCUT2D eigenvalue weighted by Crippen LogP contribution is -2.41. The first-order valence-electron chi connectivity index (χ1n) is 7.20. The Labute approximate surface area is 124 Å². The van der Waals surface area contributed by atoms with Crippen LogP contribution in [0.4, 0.5) is 0 Å². The summed E-state index contributed by atoms with van der Waals surface area (Å²) in [5, 5.41) is 11.0. The van der Waals surface area contributed by atoms with Gasteiger partial charge in [0.25, 0.3) is 0 Å². The maximum absolute atomic E-state index is 12.0. The Kier molecular flexibility index (Phi) is 6.91. The van der Waals surface area contributed by atoms with Gasteiger partial charge in [0, 0.05) is 18.0 Å². The summed E-state index contributed by atoms with van der Waals surface area (Å²) in [5.41, 5.74) is 0. The molecule has 6 heteroatoms. The highest BCUT2D eigenvalue weighted by Crippen LogP contribution is 2.30. The molecule has 1 fully saturated rings. The van der Waals surface area contributed by atoms with Gasteiger partial charge in [-0.1, -0.05) is 26.3 Å². The quantitative estimate of drug-likeness (QED) is 0.504. The van der Waals surface area contributed by atoms with Gasteiger partial charge in [-0.05, 0) is 19.3 Å². The minimum Gasteiger partial charge on any atom is -0.550 e. The van der Waals surface area contributed by atoms with Crippen LogP contribution in [0, 0.1) is 11.8 Å². The lowest BCUT2D eigenvalue weighted by atomic mass is 9.79. The van der Waals surface area contributed by atoms with Crippen LogP contribution in [0.1, 0.15) is 39.0 Å². The van der Waals surface area contributed by atoms with E-state index < -0.39 is 35.8 Å². The van der Waals surface area contributed by atoms with E-state index >= 15 is 0 Å². The lowest BCUT2D eigenvalue weighted by Gasteiger charge is -2.30. The van der Waals surface area contributed by atoms with E-state index in [1.807, 2.05) is 0 Å². The Morgan fingerprint density at radius 1 is 1.29 bits per heavy atom. The molecule has 1 aliphatic rings. The average Bonchev–Trinajstić information content (AvgIpc) is 2.50. The van der Waals surface area contributed by atoms with Crippen LogP contribution >= 0.6 is 0 Å². The number of aliphatic carboxylic acids is 1. The molecule has 0 aromatic rings. The number of carbonyl (C=O) groups is 3. The summed E-state index contributed by atoms with van der Waals surface area (Å²) in [5.74, 6) is -3.81. The van der Waals surface area contributed by atoms with Gasteiger partial charge in [0.15, 0.2) is 0 Å². The summed E-state index contributed by atoms with van der Waals surface area (Å²) in [4.78, 5) is 34.2. The highest BCUT2D eigenvalue weighted by Gasteiger charge is 2.33. The summed E-state index contributed by atoms with van der Waals surface area (Å²) < 4.78 is 10.1. The van der Waals surface area contributed by atoms with E-state index in [2.05, 4.69) is 6.58 Å². The third-order valence-corrected chi connectivity index (χ3v) is 3.69. The van der Waals surface area contributed by atoms with Crippen LogP contribution in [0.3, 0.4) is 0 Å². The van der Waals surface area contributed by atoms with Crippen molar-refractivity contribution in [2.75, 3.05) is 6.61 Å². The fourth-order valence-corrected chi connectivity index (χ4v) is 2.42. The molecule has 0 aromatic heterocycles. The fourth-order valence-electron chi connectivity index (χ4n) is 2.42. The van der Waals surface area contributed by atoms with E-state index in [1.54, 1.807) is 6.92 Å². The third kappa shape index (κ3) is 5.21. The summed E-state index contributed by atoms with van der Waals surface area (Å²) >= 11 is 0. The Hall–Kier alpha value is -1.85. The molecule has 0 amide bonds. The Balaban J connectivity index is 2.52. The van der Waals surface area contributed by atoms with E-state index in [0.717, 1.165) is 18.9 Å². The molecule has 6 nitrogen and oxygen atoms in total. The topological polar surface area (TPSA) is 92.7 Å². The minimum atomic E-state index is -1.21. The normalized spacial score (nSPS) is 22.9. The second-order valence-corrected chi connectivity index (χ2v) is 5.12. The van der Waals surface area contributed by atoms with Crippen molar-refractivity contribution in [3.05, 3.63) is 12.7 Å². The third-order valence-electron chi connectivity index (χ3n) is 3.69. The zero-order valence-electron chi connectivity index (χ0n) is 12.2. The van der Waals surface area contributed by atoms with E-state index in [4.69, 9.17) is 9.47 Å². The van der Waals surface area contributed by atoms with Crippen LogP contribution in [-0.2, 0) is 23.9 Å². The molecule has 1 aliphatic carbocycles. The number of carbonyl (C=O) groups excluding carboxylic acids is 3. The molecule has 1 rings (SSSR count). The predicted molar refractivity (Wildman–Crippen MR) is 71.8 cm³/mol. The SMILES string of the molecule is C=CC(=O)OC(CC)COC(=O)C1CCCCC1C(=O)[O-]. The van der Waals surface area contributed by atoms with Crippen LogP contribution in [0.5, 0.6) is 0 Å². The second-order valence-electron chi connectivity index (χ2n) is 5.12. The molecule has 0 radical (unpaired) electrons. The van der Waals surface area contributed by atoms with Gasteiger partial charge >= 0.3 is 11.9 Å². The van der Waals surface area contributed by atoms with Crippen molar-refractivity contribution in [2.24, 2.45) is 11.8 Å². The van der Waals surface area contributed by atoms with Crippen molar-refractivity contribution in [2.45, 2.75) is 45.1 Å².